The molecular formula is C18H33N5OS. The highest BCUT2D eigenvalue weighted by atomic mass is 32.1. The van der Waals surface area contributed by atoms with E-state index in [0.29, 0.717) is 0 Å². The van der Waals surface area contributed by atoms with Crippen LogP contribution in [0, 0.1) is 6.92 Å². The standard InChI is InChI=1S/C18H33N5OS/c1-15-13-25-16(22-15)7-5-6-8-20-17(19-4)21-14-18(2,3)23-9-11-24-12-10-23/h13H,5-12,14H2,1-4H3,(H2,19,20,21). The number of thiazole rings is 1. The van der Waals surface area contributed by atoms with Crippen molar-refractivity contribution in [3.05, 3.63) is 16.1 Å². The van der Waals surface area contributed by atoms with E-state index in [0.717, 1.165) is 70.3 Å². The molecule has 0 amide bonds. The van der Waals surface area contributed by atoms with Crippen molar-refractivity contribution in [3.63, 3.8) is 0 Å². The molecule has 0 aliphatic carbocycles. The second-order valence-corrected chi connectivity index (χ2v) is 8.05. The van der Waals surface area contributed by atoms with Gasteiger partial charge >= 0.3 is 0 Å². The molecule has 2 heterocycles. The summed E-state index contributed by atoms with van der Waals surface area (Å²) in [6.07, 6.45) is 3.33. The number of morpholine rings is 1. The highest BCUT2D eigenvalue weighted by Gasteiger charge is 2.28. The van der Waals surface area contributed by atoms with Crippen LogP contribution in [0.1, 0.15) is 37.4 Å². The Hall–Kier alpha value is -1.18. The van der Waals surface area contributed by atoms with Gasteiger partial charge in [-0.3, -0.25) is 9.89 Å². The fraction of sp³-hybridized carbons (Fsp3) is 0.778. The molecule has 0 radical (unpaired) electrons. The van der Waals surface area contributed by atoms with E-state index in [4.69, 9.17) is 4.74 Å². The zero-order chi connectivity index (χ0) is 18.1. The molecule has 7 heteroatoms. The minimum absolute atomic E-state index is 0.0874. The molecule has 0 atom stereocenters. The predicted molar refractivity (Wildman–Crippen MR) is 106 cm³/mol. The molecule has 1 saturated heterocycles. The maximum atomic E-state index is 5.45. The van der Waals surface area contributed by atoms with E-state index in [1.807, 2.05) is 7.05 Å². The number of aryl methyl sites for hydroxylation is 2. The van der Waals surface area contributed by atoms with Gasteiger partial charge in [0, 0.05) is 49.8 Å². The molecule has 2 N–H and O–H groups in total. The predicted octanol–water partition coefficient (Wildman–Crippen LogP) is 2.05. The van der Waals surface area contributed by atoms with Gasteiger partial charge in [0.25, 0.3) is 0 Å². The Morgan fingerprint density at radius 1 is 1.32 bits per heavy atom. The van der Waals surface area contributed by atoms with Crippen LogP contribution in [0.5, 0.6) is 0 Å². The number of aromatic nitrogens is 1. The second kappa shape index (κ2) is 10.1. The van der Waals surface area contributed by atoms with Crippen LogP contribution in [0.15, 0.2) is 10.4 Å². The number of guanidine groups is 1. The summed E-state index contributed by atoms with van der Waals surface area (Å²) in [6.45, 7) is 12.0. The molecule has 1 aromatic rings. The summed E-state index contributed by atoms with van der Waals surface area (Å²) < 4.78 is 5.45. The van der Waals surface area contributed by atoms with Crippen molar-refractivity contribution in [2.24, 2.45) is 4.99 Å². The molecule has 0 unspecified atom stereocenters. The second-order valence-electron chi connectivity index (χ2n) is 7.10. The third-order valence-corrected chi connectivity index (χ3v) is 5.58. The number of aliphatic imine (C=N–C) groups is 1. The molecule has 1 aromatic heterocycles. The van der Waals surface area contributed by atoms with Crippen molar-refractivity contribution in [2.75, 3.05) is 46.4 Å². The Kier molecular flexibility index (Phi) is 8.12. The van der Waals surface area contributed by atoms with Gasteiger partial charge in [0.2, 0.25) is 0 Å². The molecule has 0 bridgehead atoms. The van der Waals surface area contributed by atoms with E-state index in [1.54, 1.807) is 11.3 Å². The number of unbranched alkanes of at least 4 members (excludes halogenated alkanes) is 1. The van der Waals surface area contributed by atoms with Gasteiger partial charge in [0.1, 0.15) is 0 Å². The summed E-state index contributed by atoms with van der Waals surface area (Å²) in [5, 5.41) is 10.2. The monoisotopic (exact) mass is 367 g/mol. The van der Waals surface area contributed by atoms with Crippen molar-refractivity contribution < 1.29 is 4.74 Å². The molecule has 1 aliphatic heterocycles. The Morgan fingerprint density at radius 2 is 2.08 bits per heavy atom. The quantitative estimate of drug-likeness (QED) is 0.418. The molecule has 0 spiro atoms. The van der Waals surface area contributed by atoms with Crippen LogP contribution in [-0.2, 0) is 11.2 Å². The minimum Gasteiger partial charge on any atom is -0.379 e. The normalized spacial score (nSPS) is 16.9. The van der Waals surface area contributed by atoms with Gasteiger partial charge in [-0.1, -0.05) is 0 Å². The Bertz CT molecular complexity index is 537. The number of nitrogens with one attached hydrogen (secondary N) is 2. The van der Waals surface area contributed by atoms with Crippen LogP contribution < -0.4 is 10.6 Å². The van der Waals surface area contributed by atoms with Crippen LogP contribution in [0.4, 0.5) is 0 Å². The van der Waals surface area contributed by atoms with Gasteiger partial charge in [-0.25, -0.2) is 4.98 Å². The zero-order valence-electron chi connectivity index (χ0n) is 16.1. The SMILES string of the molecule is CN=C(NCCCCc1nc(C)cs1)NCC(C)(C)N1CCOCC1. The largest absolute Gasteiger partial charge is 0.379 e. The molecule has 1 fully saturated rings. The highest BCUT2D eigenvalue weighted by molar-refractivity contribution is 7.09. The van der Waals surface area contributed by atoms with E-state index in [-0.39, 0.29) is 5.54 Å². The van der Waals surface area contributed by atoms with E-state index < -0.39 is 0 Å². The number of rotatable bonds is 8. The number of nitrogens with zero attached hydrogens (tertiary/aromatic N) is 3. The number of hydrogen-bond acceptors (Lipinski definition) is 5. The van der Waals surface area contributed by atoms with Gasteiger partial charge in [-0.2, -0.15) is 0 Å². The first kappa shape index (κ1) is 20.1. The lowest BCUT2D eigenvalue weighted by molar-refractivity contribution is -0.00833. The average Bonchev–Trinajstić information content (AvgIpc) is 3.03. The molecule has 2 rings (SSSR count). The number of ether oxygens (including phenoxy) is 1. The fourth-order valence-electron chi connectivity index (χ4n) is 2.93. The lowest BCUT2D eigenvalue weighted by Crippen LogP contribution is -2.56. The van der Waals surface area contributed by atoms with Crippen molar-refractivity contribution >= 4 is 17.3 Å². The first-order valence-electron chi connectivity index (χ1n) is 9.19. The average molecular weight is 368 g/mol. The Morgan fingerprint density at radius 3 is 2.72 bits per heavy atom. The number of hydrogen-bond donors (Lipinski definition) is 2. The van der Waals surface area contributed by atoms with E-state index in [9.17, 15) is 0 Å². The van der Waals surface area contributed by atoms with E-state index in [2.05, 4.69) is 51.7 Å². The fourth-order valence-corrected chi connectivity index (χ4v) is 3.74. The van der Waals surface area contributed by atoms with Crippen molar-refractivity contribution in [2.45, 2.75) is 45.6 Å². The molecule has 25 heavy (non-hydrogen) atoms. The van der Waals surface area contributed by atoms with Crippen molar-refractivity contribution in [1.82, 2.24) is 20.5 Å². The van der Waals surface area contributed by atoms with Crippen molar-refractivity contribution in [3.8, 4) is 0 Å². The Labute approximate surface area is 156 Å². The van der Waals surface area contributed by atoms with Crippen LogP contribution >= 0.6 is 11.3 Å². The first-order chi connectivity index (χ1) is 12.0. The minimum atomic E-state index is 0.0874. The Balaban J connectivity index is 1.62. The van der Waals surface area contributed by atoms with Crippen LogP contribution in [0.2, 0.25) is 0 Å². The van der Waals surface area contributed by atoms with E-state index >= 15 is 0 Å². The molecule has 0 saturated carbocycles. The summed E-state index contributed by atoms with van der Waals surface area (Å²) in [4.78, 5) is 11.3. The maximum absolute atomic E-state index is 5.45. The summed E-state index contributed by atoms with van der Waals surface area (Å²) in [5.74, 6) is 0.881. The molecule has 6 nitrogen and oxygen atoms in total. The highest BCUT2D eigenvalue weighted by Crippen LogP contribution is 2.15. The zero-order valence-corrected chi connectivity index (χ0v) is 16.9. The lowest BCUT2D eigenvalue weighted by Gasteiger charge is -2.41. The molecule has 142 valence electrons. The van der Waals surface area contributed by atoms with Gasteiger partial charge < -0.3 is 15.4 Å². The third kappa shape index (κ3) is 6.92. The van der Waals surface area contributed by atoms with Gasteiger partial charge in [0.05, 0.1) is 18.2 Å². The first-order valence-corrected chi connectivity index (χ1v) is 10.1. The van der Waals surface area contributed by atoms with E-state index in [1.165, 1.54) is 5.01 Å². The molecular weight excluding hydrogens is 334 g/mol. The van der Waals surface area contributed by atoms with Crippen LogP contribution in [0.25, 0.3) is 0 Å². The van der Waals surface area contributed by atoms with Gasteiger partial charge in [-0.15, -0.1) is 11.3 Å². The summed E-state index contributed by atoms with van der Waals surface area (Å²) >= 11 is 1.76. The maximum Gasteiger partial charge on any atom is 0.191 e. The topological polar surface area (TPSA) is 61.8 Å². The molecule has 1 aliphatic rings. The summed E-state index contributed by atoms with van der Waals surface area (Å²) in [5.41, 5.74) is 1.22. The van der Waals surface area contributed by atoms with Gasteiger partial charge in [-0.05, 0) is 40.0 Å². The lowest BCUT2D eigenvalue weighted by atomic mass is 10.0. The van der Waals surface area contributed by atoms with Crippen LogP contribution in [0.3, 0.4) is 0 Å². The smallest absolute Gasteiger partial charge is 0.191 e. The van der Waals surface area contributed by atoms with Crippen molar-refractivity contribution in [1.29, 1.82) is 0 Å². The van der Waals surface area contributed by atoms with Gasteiger partial charge in [0.15, 0.2) is 5.96 Å². The summed E-state index contributed by atoms with van der Waals surface area (Å²) in [7, 11) is 1.83. The van der Waals surface area contributed by atoms with Crippen LogP contribution in [-0.4, -0.2) is 67.8 Å². The third-order valence-electron chi connectivity index (χ3n) is 4.56. The molecule has 0 aromatic carbocycles. The summed E-state index contributed by atoms with van der Waals surface area (Å²) in [6, 6.07) is 0.